The zero-order chi connectivity index (χ0) is 26.3. The van der Waals surface area contributed by atoms with Crippen molar-refractivity contribution in [2.45, 2.75) is 39.5 Å². The molecule has 2 aliphatic rings. The SMILES string of the molecule is CC(C)(C)OC(=O)n1c(-c2cncc(N3CCOCC3)n2)cc2c1C(=O)N(Cc1ccc(Cl)c(Cl)c1)C2. The molecule has 37 heavy (non-hydrogen) atoms. The fraction of sp³-hybridized carbons (Fsp3) is 0.385. The lowest BCUT2D eigenvalue weighted by atomic mass is 10.2. The molecule has 0 spiro atoms. The Labute approximate surface area is 224 Å². The molecule has 1 aromatic carbocycles. The van der Waals surface area contributed by atoms with Gasteiger partial charge in [0.25, 0.3) is 5.91 Å². The van der Waals surface area contributed by atoms with E-state index < -0.39 is 11.7 Å². The summed E-state index contributed by atoms with van der Waals surface area (Å²) in [6.07, 6.45) is 2.63. The number of ether oxygens (including phenoxy) is 2. The lowest BCUT2D eigenvalue weighted by Crippen LogP contribution is -2.36. The van der Waals surface area contributed by atoms with Crippen molar-refractivity contribution in [2.24, 2.45) is 0 Å². The molecule has 0 aliphatic carbocycles. The number of benzene rings is 1. The molecule has 1 amide bonds. The van der Waals surface area contributed by atoms with E-state index in [-0.39, 0.29) is 11.6 Å². The first-order valence-electron chi connectivity index (χ1n) is 12.0. The van der Waals surface area contributed by atoms with Crippen molar-refractivity contribution >= 4 is 41.0 Å². The van der Waals surface area contributed by atoms with Crippen molar-refractivity contribution in [1.82, 2.24) is 19.4 Å². The Morgan fingerprint density at radius 3 is 2.57 bits per heavy atom. The maximum Gasteiger partial charge on any atom is 0.419 e. The Morgan fingerprint density at radius 1 is 1.11 bits per heavy atom. The van der Waals surface area contributed by atoms with Gasteiger partial charge < -0.3 is 19.3 Å². The summed E-state index contributed by atoms with van der Waals surface area (Å²) in [6, 6.07) is 7.08. The molecule has 0 N–H and O–H groups in total. The van der Waals surface area contributed by atoms with Crippen molar-refractivity contribution in [2.75, 3.05) is 31.2 Å². The van der Waals surface area contributed by atoms with Crippen LogP contribution in [-0.4, -0.2) is 63.3 Å². The first-order chi connectivity index (χ1) is 17.6. The minimum absolute atomic E-state index is 0.267. The monoisotopic (exact) mass is 543 g/mol. The van der Waals surface area contributed by atoms with Crippen LogP contribution in [0.4, 0.5) is 10.6 Å². The van der Waals surface area contributed by atoms with E-state index in [0.29, 0.717) is 72.2 Å². The van der Waals surface area contributed by atoms with E-state index >= 15 is 0 Å². The summed E-state index contributed by atoms with van der Waals surface area (Å²) in [5.74, 6) is 0.404. The van der Waals surface area contributed by atoms with Gasteiger partial charge in [-0.25, -0.2) is 14.3 Å². The Balaban J connectivity index is 1.51. The number of rotatable bonds is 4. The van der Waals surface area contributed by atoms with Crippen molar-refractivity contribution in [3.8, 4) is 11.4 Å². The topological polar surface area (TPSA) is 89.8 Å². The molecule has 0 atom stereocenters. The van der Waals surface area contributed by atoms with Crippen molar-refractivity contribution < 1.29 is 19.1 Å². The first-order valence-corrected chi connectivity index (χ1v) is 12.7. The van der Waals surface area contributed by atoms with Crippen LogP contribution in [-0.2, 0) is 22.6 Å². The van der Waals surface area contributed by atoms with Crippen LogP contribution in [0.15, 0.2) is 36.7 Å². The molecule has 9 nitrogen and oxygen atoms in total. The second kappa shape index (κ2) is 9.96. The van der Waals surface area contributed by atoms with E-state index in [1.54, 1.807) is 50.2 Å². The van der Waals surface area contributed by atoms with Crippen molar-refractivity contribution in [1.29, 1.82) is 0 Å². The van der Waals surface area contributed by atoms with Crippen LogP contribution in [0.2, 0.25) is 10.0 Å². The van der Waals surface area contributed by atoms with Gasteiger partial charge in [0, 0.05) is 31.7 Å². The van der Waals surface area contributed by atoms with E-state index in [2.05, 4.69) is 9.88 Å². The predicted molar refractivity (Wildman–Crippen MR) is 140 cm³/mol. The Bertz CT molecular complexity index is 1360. The zero-order valence-electron chi connectivity index (χ0n) is 20.8. The number of morpholine rings is 1. The number of hydrogen-bond donors (Lipinski definition) is 0. The van der Waals surface area contributed by atoms with Gasteiger partial charge in [0.05, 0.1) is 41.3 Å². The van der Waals surface area contributed by atoms with Gasteiger partial charge >= 0.3 is 6.09 Å². The van der Waals surface area contributed by atoms with Gasteiger partial charge in [-0.3, -0.25) is 9.78 Å². The van der Waals surface area contributed by atoms with Gasteiger partial charge in [0.2, 0.25) is 0 Å². The third kappa shape index (κ3) is 5.30. The lowest BCUT2D eigenvalue weighted by Gasteiger charge is -2.27. The number of aromatic nitrogens is 3. The highest BCUT2D eigenvalue weighted by Gasteiger charge is 2.37. The summed E-state index contributed by atoms with van der Waals surface area (Å²) in [5.41, 5.74) is 2.00. The number of fused-ring (bicyclic) bond motifs is 1. The zero-order valence-corrected chi connectivity index (χ0v) is 22.3. The summed E-state index contributed by atoms with van der Waals surface area (Å²) in [7, 11) is 0. The van der Waals surface area contributed by atoms with Gasteiger partial charge in [0.15, 0.2) is 0 Å². The summed E-state index contributed by atoms with van der Waals surface area (Å²) < 4.78 is 12.5. The predicted octanol–water partition coefficient (Wildman–Crippen LogP) is 5.03. The second-order valence-electron chi connectivity index (χ2n) is 9.99. The van der Waals surface area contributed by atoms with Crippen LogP contribution in [0.3, 0.4) is 0 Å². The molecule has 11 heteroatoms. The largest absolute Gasteiger partial charge is 0.443 e. The third-order valence-corrected chi connectivity index (χ3v) is 6.82. The standard InChI is InChI=1S/C26H27Cl2N5O4/c1-26(2,3)37-25(35)33-21(20-12-29-13-22(30-20)31-6-8-36-9-7-31)11-17-15-32(24(34)23(17)33)14-16-4-5-18(27)19(28)10-16/h4-5,10-13H,6-9,14-15H2,1-3H3. The fourth-order valence-corrected chi connectivity index (χ4v) is 4.76. The molecule has 0 saturated carbocycles. The highest BCUT2D eigenvalue weighted by atomic mass is 35.5. The van der Waals surface area contributed by atoms with Crippen LogP contribution in [0, 0.1) is 0 Å². The molecular weight excluding hydrogens is 517 g/mol. The molecule has 1 saturated heterocycles. The average molecular weight is 544 g/mol. The summed E-state index contributed by atoms with van der Waals surface area (Å²) in [5, 5.41) is 0.866. The van der Waals surface area contributed by atoms with Crippen LogP contribution < -0.4 is 4.90 Å². The highest BCUT2D eigenvalue weighted by molar-refractivity contribution is 6.42. The van der Waals surface area contributed by atoms with Crippen molar-refractivity contribution in [3.05, 3.63) is 63.5 Å². The molecule has 5 rings (SSSR count). The van der Waals surface area contributed by atoms with Crippen molar-refractivity contribution in [3.63, 3.8) is 0 Å². The molecule has 4 heterocycles. The number of amides is 1. The molecule has 2 aliphatic heterocycles. The number of anilines is 1. The van der Waals surface area contributed by atoms with Crippen LogP contribution in [0.5, 0.6) is 0 Å². The molecule has 3 aromatic rings. The third-order valence-electron chi connectivity index (χ3n) is 6.08. The van der Waals surface area contributed by atoms with Crippen LogP contribution in [0.25, 0.3) is 11.4 Å². The molecule has 0 radical (unpaired) electrons. The summed E-state index contributed by atoms with van der Waals surface area (Å²) in [6.45, 7) is 8.61. The van der Waals surface area contributed by atoms with Crippen LogP contribution in [0.1, 0.15) is 42.4 Å². The van der Waals surface area contributed by atoms with Gasteiger partial charge in [-0.05, 0) is 44.5 Å². The molecule has 1 fully saturated rings. The number of nitrogens with zero attached hydrogens (tertiary/aromatic N) is 5. The lowest BCUT2D eigenvalue weighted by molar-refractivity contribution is 0.0522. The Kier molecular flexibility index (Phi) is 6.87. The number of hydrogen-bond acceptors (Lipinski definition) is 7. The molecular formula is C26H27Cl2N5O4. The number of halogens is 2. The fourth-order valence-electron chi connectivity index (χ4n) is 4.44. The van der Waals surface area contributed by atoms with Gasteiger partial charge in [-0.1, -0.05) is 29.3 Å². The van der Waals surface area contributed by atoms with Gasteiger partial charge in [0.1, 0.15) is 22.8 Å². The summed E-state index contributed by atoms with van der Waals surface area (Å²) >= 11 is 12.2. The molecule has 0 unspecified atom stereocenters. The van der Waals surface area contributed by atoms with E-state index in [9.17, 15) is 9.59 Å². The van der Waals surface area contributed by atoms with E-state index in [1.807, 2.05) is 12.1 Å². The Hall–Kier alpha value is -3.14. The molecule has 0 bridgehead atoms. The normalized spacial score (nSPS) is 15.8. The minimum Gasteiger partial charge on any atom is -0.443 e. The van der Waals surface area contributed by atoms with Gasteiger partial charge in [-0.15, -0.1) is 0 Å². The maximum absolute atomic E-state index is 13.6. The van der Waals surface area contributed by atoms with Crippen LogP contribution >= 0.6 is 23.2 Å². The Morgan fingerprint density at radius 2 is 1.86 bits per heavy atom. The quantitative estimate of drug-likeness (QED) is 0.455. The second-order valence-corrected chi connectivity index (χ2v) is 10.8. The number of carbonyl (C=O) groups excluding carboxylic acids is 2. The van der Waals surface area contributed by atoms with E-state index in [4.69, 9.17) is 37.7 Å². The number of carbonyl (C=O) groups is 2. The average Bonchev–Trinajstić information content (AvgIpc) is 3.37. The van der Waals surface area contributed by atoms with E-state index in [1.165, 1.54) is 4.57 Å². The molecule has 194 valence electrons. The van der Waals surface area contributed by atoms with Gasteiger partial charge in [-0.2, -0.15) is 0 Å². The molecule has 2 aromatic heterocycles. The first kappa shape index (κ1) is 25.5. The minimum atomic E-state index is -0.756. The highest BCUT2D eigenvalue weighted by Crippen LogP contribution is 2.34. The van der Waals surface area contributed by atoms with E-state index in [0.717, 1.165) is 5.56 Å². The summed E-state index contributed by atoms with van der Waals surface area (Å²) in [4.78, 5) is 39.9. The smallest absolute Gasteiger partial charge is 0.419 e. The maximum atomic E-state index is 13.6.